The van der Waals surface area contributed by atoms with Gasteiger partial charge in [0.2, 0.25) is 10.0 Å². The summed E-state index contributed by atoms with van der Waals surface area (Å²) in [5.74, 6) is -0.0396. The number of carbonyl (C=O) groups excluding carboxylic acids is 1. The summed E-state index contributed by atoms with van der Waals surface area (Å²) in [6.45, 7) is 1.38. The number of rotatable bonds is 7. The van der Waals surface area contributed by atoms with E-state index in [-0.39, 0.29) is 6.54 Å². The molecule has 1 N–H and O–H groups in total. The fourth-order valence-corrected chi connectivity index (χ4v) is 3.54. The second kappa shape index (κ2) is 8.13. The molecular formula is C16H19N3O4S2. The lowest BCUT2D eigenvalue weighted by Crippen LogP contribution is -2.39. The van der Waals surface area contributed by atoms with Crippen molar-refractivity contribution >= 4 is 38.7 Å². The van der Waals surface area contributed by atoms with E-state index in [0.29, 0.717) is 17.1 Å². The first-order valence-corrected chi connectivity index (χ1v) is 10.0. The van der Waals surface area contributed by atoms with Gasteiger partial charge in [0, 0.05) is 10.9 Å². The highest BCUT2D eigenvalue weighted by atomic mass is 32.2. The number of ether oxygens (including phenoxy) is 1. The third-order valence-electron chi connectivity index (χ3n) is 3.25. The molecule has 1 aromatic heterocycles. The van der Waals surface area contributed by atoms with Crippen molar-refractivity contribution in [1.29, 1.82) is 0 Å². The molecule has 9 heteroatoms. The van der Waals surface area contributed by atoms with E-state index < -0.39 is 15.9 Å². The Morgan fingerprint density at radius 2 is 2.08 bits per heavy atom. The molecule has 0 aliphatic carbocycles. The number of sulfonamides is 1. The van der Waals surface area contributed by atoms with Gasteiger partial charge in [0.25, 0.3) is 5.91 Å². The molecule has 1 amide bonds. The van der Waals surface area contributed by atoms with Crippen LogP contribution in [0.5, 0.6) is 5.75 Å². The first-order valence-electron chi connectivity index (χ1n) is 7.30. The predicted molar refractivity (Wildman–Crippen MR) is 99.9 cm³/mol. The van der Waals surface area contributed by atoms with Crippen molar-refractivity contribution < 1.29 is 17.9 Å². The number of benzene rings is 1. The van der Waals surface area contributed by atoms with Crippen LogP contribution in [0.25, 0.3) is 0 Å². The zero-order valence-electron chi connectivity index (χ0n) is 14.1. The van der Waals surface area contributed by atoms with Gasteiger partial charge < -0.3 is 4.74 Å². The zero-order chi connectivity index (χ0) is 18.4. The number of amides is 1. The van der Waals surface area contributed by atoms with Crippen molar-refractivity contribution in [3.05, 3.63) is 46.7 Å². The third-order valence-corrected chi connectivity index (χ3v) is 5.37. The van der Waals surface area contributed by atoms with Crippen molar-refractivity contribution in [3.63, 3.8) is 0 Å². The van der Waals surface area contributed by atoms with E-state index in [1.54, 1.807) is 31.2 Å². The second-order valence-electron chi connectivity index (χ2n) is 5.18. The molecule has 1 heterocycles. The van der Waals surface area contributed by atoms with Crippen LogP contribution in [-0.4, -0.2) is 39.9 Å². The molecule has 0 atom stereocenters. The quantitative estimate of drug-likeness (QED) is 0.587. The molecule has 0 spiro atoms. The standard InChI is InChI=1S/C16H19N3O4S2/c1-12(15-8-5-9-24-15)17-18-16(20)11-19(25(3,21)22)13-6-4-7-14(10-13)23-2/h4-10H,11H2,1-3H3,(H,18,20). The van der Waals surface area contributed by atoms with Crippen LogP contribution in [0.4, 0.5) is 5.69 Å². The van der Waals surface area contributed by atoms with Crippen molar-refractivity contribution in [2.75, 3.05) is 24.2 Å². The second-order valence-corrected chi connectivity index (χ2v) is 8.04. The van der Waals surface area contributed by atoms with Gasteiger partial charge in [0.05, 0.1) is 24.8 Å². The summed E-state index contributed by atoms with van der Waals surface area (Å²) in [5, 5.41) is 5.92. The van der Waals surface area contributed by atoms with Gasteiger partial charge in [0.15, 0.2) is 0 Å². The van der Waals surface area contributed by atoms with Gasteiger partial charge >= 0.3 is 0 Å². The maximum Gasteiger partial charge on any atom is 0.260 e. The Kier molecular flexibility index (Phi) is 6.16. The van der Waals surface area contributed by atoms with Crippen LogP contribution < -0.4 is 14.5 Å². The Labute approximate surface area is 151 Å². The molecule has 2 aromatic rings. The molecule has 0 aliphatic heterocycles. The monoisotopic (exact) mass is 381 g/mol. The summed E-state index contributed by atoms with van der Waals surface area (Å²) in [4.78, 5) is 13.1. The number of hydrazone groups is 1. The van der Waals surface area contributed by atoms with E-state index >= 15 is 0 Å². The molecule has 1 aromatic carbocycles. The number of thiophene rings is 1. The van der Waals surface area contributed by atoms with E-state index in [1.807, 2.05) is 17.5 Å². The van der Waals surface area contributed by atoms with Gasteiger partial charge in [-0.25, -0.2) is 13.8 Å². The van der Waals surface area contributed by atoms with Crippen LogP contribution >= 0.6 is 11.3 Å². The summed E-state index contributed by atoms with van der Waals surface area (Å²) in [5.41, 5.74) is 3.38. The van der Waals surface area contributed by atoms with E-state index in [1.165, 1.54) is 18.4 Å². The van der Waals surface area contributed by atoms with Crippen LogP contribution in [0.2, 0.25) is 0 Å². The van der Waals surface area contributed by atoms with Crippen LogP contribution in [-0.2, 0) is 14.8 Å². The maximum absolute atomic E-state index is 12.1. The highest BCUT2D eigenvalue weighted by molar-refractivity contribution is 7.92. The van der Waals surface area contributed by atoms with Crippen molar-refractivity contribution in [1.82, 2.24) is 5.43 Å². The molecule has 0 bridgehead atoms. The normalized spacial score (nSPS) is 11.9. The summed E-state index contributed by atoms with van der Waals surface area (Å²) >= 11 is 1.50. The first-order chi connectivity index (χ1) is 11.8. The maximum atomic E-state index is 12.1. The van der Waals surface area contributed by atoms with Crippen molar-refractivity contribution in [2.24, 2.45) is 5.10 Å². The Morgan fingerprint density at radius 3 is 2.68 bits per heavy atom. The minimum absolute atomic E-state index is 0.343. The third kappa shape index (κ3) is 5.30. The average Bonchev–Trinajstić information content (AvgIpc) is 3.11. The molecule has 0 saturated heterocycles. The first kappa shape index (κ1) is 18.9. The minimum Gasteiger partial charge on any atom is -0.497 e. The molecule has 2 rings (SSSR count). The Balaban J connectivity index is 2.14. The Morgan fingerprint density at radius 1 is 1.32 bits per heavy atom. The summed E-state index contributed by atoms with van der Waals surface area (Å²) in [6.07, 6.45) is 1.04. The van der Waals surface area contributed by atoms with Crippen molar-refractivity contribution in [3.8, 4) is 5.75 Å². The number of nitrogens with zero attached hydrogens (tertiary/aromatic N) is 2. The number of anilines is 1. The van der Waals surface area contributed by atoms with Gasteiger partial charge in [0.1, 0.15) is 12.3 Å². The molecule has 0 fully saturated rings. The van der Waals surface area contributed by atoms with Crippen LogP contribution in [0.15, 0.2) is 46.9 Å². The highest BCUT2D eigenvalue weighted by Gasteiger charge is 2.21. The fourth-order valence-electron chi connectivity index (χ4n) is 2.02. The minimum atomic E-state index is -3.65. The lowest BCUT2D eigenvalue weighted by atomic mass is 10.3. The SMILES string of the molecule is COc1cccc(N(CC(=O)NN=C(C)c2cccs2)S(C)(=O)=O)c1. The van der Waals surface area contributed by atoms with E-state index in [2.05, 4.69) is 10.5 Å². The van der Waals surface area contributed by atoms with Gasteiger partial charge in [-0.1, -0.05) is 12.1 Å². The van der Waals surface area contributed by atoms with Crippen molar-refractivity contribution in [2.45, 2.75) is 6.92 Å². The molecule has 0 radical (unpaired) electrons. The molecule has 134 valence electrons. The number of carbonyl (C=O) groups is 1. The molecule has 0 saturated carbocycles. The summed E-state index contributed by atoms with van der Waals surface area (Å²) in [7, 11) is -2.16. The Hall–Kier alpha value is -2.39. The van der Waals surface area contributed by atoms with Gasteiger partial charge in [-0.2, -0.15) is 5.10 Å². The molecule has 0 aliphatic rings. The zero-order valence-corrected chi connectivity index (χ0v) is 15.7. The van der Waals surface area contributed by atoms with Gasteiger partial charge in [-0.05, 0) is 30.5 Å². The Bertz CT molecular complexity index is 861. The number of nitrogens with one attached hydrogen (secondary N) is 1. The highest BCUT2D eigenvalue weighted by Crippen LogP contribution is 2.22. The average molecular weight is 381 g/mol. The largest absolute Gasteiger partial charge is 0.497 e. The predicted octanol–water partition coefficient (Wildman–Crippen LogP) is 2.06. The van der Waals surface area contributed by atoms with E-state index in [9.17, 15) is 13.2 Å². The van der Waals surface area contributed by atoms with Crippen LogP contribution in [0.3, 0.4) is 0 Å². The lowest BCUT2D eigenvalue weighted by molar-refractivity contribution is -0.119. The van der Waals surface area contributed by atoms with Gasteiger partial charge in [-0.15, -0.1) is 11.3 Å². The molecular weight excluding hydrogens is 362 g/mol. The van der Waals surface area contributed by atoms with E-state index in [4.69, 9.17) is 4.74 Å². The summed E-state index contributed by atoms with van der Waals surface area (Å²) < 4.78 is 30.2. The topological polar surface area (TPSA) is 88.1 Å². The van der Waals surface area contributed by atoms with Crippen LogP contribution in [0, 0.1) is 0 Å². The summed E-state index contributed by atoms with van der Waals surface area (Å²) in [6, 6.07) is 10.3. The number of methoxy groups -OCH3 is 1. The smallest absolute Gasteiger partial charge is 0.260 e. The molecule has 7 nitrogen and oxygen atoms in total. The van der Waals surface area contributed by atoms with Crippen LogP contribution in [0.1, 0.15) is 11.8 Å². The number of hydrogen-bond acceptors (Lipinski definition) is 6. The molecule has 25 heavy (non-hydrogen) atoms. The molecule has 0 unspecified atom stereocenters. The van der Waals surface area contributed by atoms with E-state index in [0.717, 1.165) is 15.4 Å². The number of hydrogen-bond donors (Lipinski definition) is 1. The van der Waals surface area contributed by atoms with Gasteiger partial charge in [-0.3, -0.25) is 9.10 Å². The lowest BCUT2D eigenvalue weighted by Gasteiger charge is -2.21. The fraction of sp³-hybridized carbons (Fsp3) is 0.250.